The second kappa shape index (κ2) is 6.71. The number of hydrogen-bond donors (Lipinski definition) is 1. The average Bonchev–Trinajstić information content (AvgIpc) is 2.36. The van der Waals surface area contributed by atoms with E-state index in [1.165, 1.54) is 0 Å². The number of benzene rings is 1. The largest absolute Gasteiger partial charge is 0.356 e. The first kappa shape index (κ1) is 14.1. The standard InChI is InChI=1S/C14H19N3O/c1-11(5-6-12(2)17(3)4)15-13-7-9-14(16-18)10-8-13/h5-10,12,15H,1H2,2-4H3/b6-5-. The lowest BCUT2D eigenvalue weighted by Crippen LogP contribution is -2.22. The van der Waals surface area contributed by atoms with Crippen LogP contribution in [0.3, 0.4) is 0 Å². The molecule has 1 atom stereocenters. The van der Waals surface area contributed by atoms with Gasteiger partial charge < -0.3 is 10.2 Å². The number of anilines is 1. The second-order valence-electron chi connectivity index (χ2n) is 4.35. The molecule has 4 nitrogen and oxygen atoms in total. The summed E-state index contributed by atoms with van der Waals surface area (Å²) in [7, 11) is 4.05. The van der Waals surface area contributed by atoms with Crippen LogP contribution in [0.1, 0.15) is 6.92 Å². The Balaban J connectivity index is 2.56. The molecular weight excluding hydrogens is 226 g/mol. The highest BCUT2D eigenvalue weighted by Crippen LogP contribution is 2.17. The van der Waals surface area contributed by atoms with Crippen LogP contribution in [-0.4, -0.2) is 25.0 Å². The average molecular weight is 245 g/mol. The molecule has 0 radical (unpaired) electrons. The first-order valence-corrected chi connectivity index (χ1v) is 5.77. The molecule has 0 aliphatic rings. The van der Waals surface area contributed by atoms with E-state index in [-0.39, 0.29) is 0 Å². The molecule has 18 heavy (non-hydrogen) atoms. The Morgan fingerprint density at radius 3 is 2.50 bits per heavy atom. The lowest BCUT2D eigenvalue weighted by Gasteiger charge is -2.15. The Morgan fingerprint density at radius 2 is 2.00 bits per heavy atom. The van der Waals surface area contributed by atoms with Gasteiger partial charge >= 0.3 is 0 Å². The third kappa shape index (κ3) is 4.51. The fraction of sp³-hybridized carbons (Fsp3) is 0.286. The minimum atomic E-state index is 0.352. The Hall–Kier alpha value is -1.94. The van der Waals surface area contributed by atoms with E-state index in [1.54, 1.807) is 24.3 Å². The fourth-order valence-electron chi connectivity index (χ4n) is 1.26. The molecule has 0 aliphatic carbocycles. The van der Waals surface area contributed by atoms with Gasteiger partial charge in [0.2, 0.25) is 0 Å². The summed E-state index contributed by atoms with van der Waals surface area (Å²) in [4.78, 5) is 12.4. The zero-order valence-electron chi connectivity index (χ0n) is 11.1. The Kier molecular flexibility index (Phi) is 5.27. The van der Waals surface area contributed by atoms with Gasteiger partial charge in [0.25, 0.3) is 0 Å². The van der Waals surface area contributed by atoms with Gasteiger partial charge in [0, 0.05) is 17.4 Å². The van der Waals surface area contributed by atoms with Crippen LogP contribution in [0.5, 0.6) is 0 Å². The van der Waals surface area contributed by atoms with Crippen LogP contribution >= 0.6 is 0 Å². The third-order valence-corrected chi connectivity index (χ3v) is 2.67. The summed E-state index contributed by atoms with van der Waals surface area (Å²) in [6, 6.07) is 7.27. The minimum absolute atomic E-state index is 0.352. The van der Waals surface area contributed by atoms with Crippen molar-refractivity contribution in [1.29, 1.82) is 0 Å². The van der Waals surface area contributed by atoms with Crippen molar-refractivity contribution >= 4 is 11.4 Å². The van der Waals surface area contributed by atoms with Gasteiger partial charge in [-0.1, -0.05) is 12.7 Å². The highest BCUT2D eigenvalue weighted by molar-refractivity contribution is 5.54. The lowest BCUT2D eigenvalue weighted by atomic mass is 10.2. The van der Waals surface area contributed by atoms with E-state index in [0.717, 1.165) is 11.4 Å². The minimum Gasteiger partial charge on any atom is -0.356 e. The van der Waals surface area contributed by atoms with Crippen molar-refractivity contribution in [2.75, 3.05) is 19.4 Å². The van der Waals surface area contributed by atoms with Gasteiger partial charge in [-0.3, -0.25) is 0 Å². The summed E-state index contributed by atoms with van der Waals surface area (Å²) in [6.07, 6.45) is 4.01. The first-order valence-electron chi connectivity index (χ1n) is 5.77. The molecule has 1 rings (SSSR count). The lowest BCUT2D eigenvalue weighted by molar-refractivity contribution is 0.364. The van der Waals surface area contributed by atoms with Crippen molar-refractivity contribution < 1.29 is 0 Å². The van der Waals surface area contributed by atoms with Crippen LogP contribution in [-0.2, 0) is 0 Å². The van der Waals surface area contributed by atoms with Gasteiger partial charge in [0.15, 0.2) is 0 Å². The first-order chi connectivity index (χ1) is 8.52. The number of nitroso groups, excluding NO2 is 1. The van der Waals surface area contributed by atoms with Crippen LogP contribution in [0, 0.1) is 4.91 Å². The number of hydrogen-bond acceptors (Lipinski definition) is 4. The quantitative estimate of drug-likeness (QED) is 0.616. The maximum Gasteiger partial charge on any atom is 0.108 e. The number of nitrogens with one attached hydrogen (secondary N) is 1. The summed E-state index contributed by atoms with van der Waals surface area (Å²) in [5.41, 5.74) is 2.10. The molecule has 0 heterocycles. The maximum absolute atomic E-state index is 10.3. The van der Waals surface area contributed by atoms with Crippen molar-refractivity contribution in [2.24, 2.45) is 5.18 Å². The Morgan fingerprint density at radius 1 is 1.39 bits per heavy atom. The van der Waals surface area contributed by atoms with Gasteiger partial charge in [-0.05, 0) is 56.5 Å². The smallest absolute Gasteiger partial charge is 0.108 e. The van der Waals surface area contributed by atoms with Gasteiger partial charge in [0.05, 0.1) is 0 Å². The number of rotatable bonds is 6. The van der Waals surface area contributed by atoms with Crippen LogP contribution in [0.25, 0.3) is 0 Å². The predicted octanol–water partition coefficient (Wildman–Crippen LogP) is 3.52. The highest BCUT2D eigenvalue weighted by Gasteiger charge is 1.99. The van der Waals surface area contributed by atoms with Crippen LogP contribution in [0.15, 0.2) is 53.9 Å². The molecule has 0 spiro atoms. The Bertz CT molecular complexity index is 435. The van der Waals surface area contributed by atoms with Crippen molar-refractivity contribution in [3.8, 4) is 0 Å². The summed E-state index contributed by atoms with van der Waals surface area (Å²) in [6.45, 7) is 6.03. The number of likely N-dealkylation sites (N-methyl/N-ethyl adjacent to an activating group) is 1. The molecule has 0 fully saturated rings. The molecule has 1 unspecified atom stereocenters. The fourth-order valence-corrected chi connectivity index (χ4v) is 1.26. The van der Waals surface area contributed by atoms with E-state index in [9.17, 15) is 4.91 Å². The molecule has 1 aromatic carbocycles. The molecule has 1 aromatic rings. The molecular formula is C14H19N3O. The summed E-state index contributed by atoms with van der Waals surface area (Å²) in [5.74, 6) is 0. The van der Waals surface area contributed by atoms with Gasteiger partial charge in [-0.15, -0.1) is 4.91 Å². The van der Waals surface area contributed by atoms with Crippen molar-refractivity contribution in [2.45, 2.75) is 13.0 Å². The molecule has 0 saturated heterocycles. The Labute approximate surface area is 108 Å². The summed E-state index contributed by atoms with van der Waals surface area (Å²) < 4.78 is 0. The van der Waals surface area contributed by atoms with E-state index in [0.29, 0.717) is 11.7 Å². The normalized spacial score (nSPS) is 12.7. The third-order valence-electron chi connectivity index (χ3n) is 2.67. The zero-order valence-corrected chi connectivity index (χ0v) is 11.1. The van der Waals surface area contributed by atoms with Crippen LogP contribution in [0.4, 0.5) is 11.4 Å². The van der Waals surface area contributed by atoms with E-state index < -0.39 is 0 Å². The van der Waals surface area contributed by atoms with E-state index in [1.807, 2.05) is 20.2 Å². The predicted molar refractivity (Wildman–Crippen MR) is 76.9 cm³/mol. The second-order valence-corrected chi connectivity index (χ2v) is 4.35. The number of nitrogens with zero attached hydrogens (tertiary/aromatic N) is 2. The summed E-state index contributed by atoms with van der Waals surface area (Å²) >= 11 is 0. The molecule has 0 saturated carbocycles. The molecule has 0 amide bonds. The maximum atomic E-state index is 10.3. The topological polar surface area (TPSA) is 44.7 Å². The molecule has 96 valence electrons. The van der Waals surface area contributed by atoms with E-state index in [4.69, 9.17) is 0 Å². The number of allylic oxidation sites excluding steroid dienone is 1. The van der Waals surface area contributed by atoms with E-state index >= 15 is 0 Å². The van der Waals surface area contributed by atoms with Crippen molar-refractivity contribution in [3.63, 3.8) is 0 Å². The van der Waals surface area contributed by atoms with Crippen LogP contribution in [0.2, 0.25) is 0 Å². The van der Waals surface area contributed by atoms with Gasteiger partial charge in [-0.2, -0.15) is 0 Å². The highest BCUT2D eigenvalue weighted by atomic mass is 16.3. The summed E-state index contributed by atoms with van der Waals surface area (Å²) in [5, 5.41) is 5.99. The molecule has 4 heteroatoms. The SMILES string of the molecule is C=C(/C=C\C(C)N(C)C)Nc1ccc(N=O)cc1. The molecule has 0 aliphatic heterocycles. The van der Waals surface area contributed by atoms with Crippen molar-refractivity contribution in [3.05, 3.63) is 53.6 Å². The molecule has 0 bridgehead atoms. The zero-order chi connectivity index (χ0) is 13.5. The van der Waals surface area contributed by atoms with Crippen molar-refractivity contribution in [1.82, 2.24) is 4.90 Å². The molecule has 0 aromatic heterocycles. The van der Waals surface area contributed by atoms with Gasteiger partial charge in [0.1, 0.15) is 5.69 Å². The monoisotopic (exact) mass is 245 g/mol. The van der Waals surface area contributed by atoms with E-state index in [2.05, 4.69) is 35.0 Å². The van der Waals surface area contributed by atoms with Crippen LogP contribution < -0.4 is 5.32 Å². The molecule has 1 N–H and O–H groups in total. The van der Waals surface area contributed by atoms with Gasteiger partial charge in [-0.25, -0.2) is 0 Å².